The molecule has 2 unspecified atom stereocenters. The van der Waals surface area contributed by atoms with Crippen LogP contribution in [-0.2, 0) is 19.7 Å². The molecule has 2 atom stereocenters. The van der Waals surface area contributed by atoms with E-state index < -0.39 is 5.91 Å². The number of ether oxygens (including phenoxy) is 1. The van der Waals surface area contributed by atoms with Gasteiger partial charge >= 0.3 is 5.97 Å². The summed E-state index contributed by atoms with van der Waals surface area (Å²) in [5.41, 5.74) is 0.556. The Morgan fingerprint density at radius 2 is 2.21 bits per heavy atom. The minimum absolute atomic E-state index is 0.0548. The quantitative estimate of drug-likeness (QED) is 0.846. The first kappa shape index (κ1) is 16.3. The SMILES string of the molecule is CC(C)(C)c1cc(NC(=O)COC(=O)C2CC2c2ccco2)on1. The lowest BCUT2D eigenvalue weighted by Gasteiger charge is -2.12. The van der Waals surface area contributed by atoms with Crippen molar-refractivity contribution < 1.29 is 23.3 Å². The summed E-state index contributed by atoms with van der Waals surface area (Å²) < 4.78 is 15.4. The van der Waals surface area contributed by atoms with Gasteiger partial charge in [0, 0.05) is 17.4 Å². The maximum atomic E-state index is 11.9. The molecule has 0 spiro atoms. The second kappa shape index (κ2) is 6.14. The van der Waals surface area contributed by atoms with Gasteiger partial charge in [0.25, 0.3) is 5.91 Å². The van der Waals surface area contributed by atoms with Crippen molar-refractivity contribution in [3.8, 4) is 0 Å². The van der Waals surface area contributed by atoms with Crippen molar-refractivity contribution in [1.29, 1.82) is 0 Å². The maximum absolute atomic E-state index is 11.9. The van der Waals surface area contributed by atoms with Crippen LogP contribution in [0.1, 0.15) is 44.6 Å². The number of anilines is 1. The smallest absolute Gasteiger partial charge is 0.310 e. The predicted octanol–water partition coefficient (Wildman–Crippen LogP) is 2.85. The Balaban J connectivity index is 1.44. The summed E-state index contributed by atoms with van der Waals surface area (Å²) >= 11 is 0. The fraction of sp³-hybridized carbons (Fsp3) is 0.471. The van der Waals surface area contributed by atoms with Crippen LogP contribution in [0.15, 0.2) is 33.4 Å². The Bertz CT molecular complexity index is 726. The zero-order valence-electron chi connectivity index (χ0n) is 13.9. The van der Waals surface area contributed by atoms with Gasteiger partial charge in [0.1, 0.15) is 5.76 Å². The number of hydrogen-bond acceptors (Lipinski definition) is 6. The number of amides is 1. The molecular formula is C17H20N2O5. The van der Waals surface area contributed by atoms with Crippen LogP contribution in [0.25, 0.3) is 0 Å². The van der Waals surface area contributed by atoms with Crippen LogP contribution in [0.2, 0.25) is 0 Å². The van der Waals surface area contributed by atoms with E-state index in [1.807, 2.05) is 26.8 Å². The lowest BCUT2D eigenvalue weighted by molar-refractivity contribution is -0.148. The molecule has 0 aliphatic heterocycles. The second-order valence-electron chi connectivity index (χ2n) is 6.95. The lowest BCUT2D eigenvalue weighted by Crippen LogP contribution is -2.21. The molecule has 3 rings (SSSR count). The first-order valence-corrected chi connectivity index (χ1v) is 7.81. The molecule has 0 saturated heterocycles. The molecule has 1 aliphatic rings. The Morgan fingerprint density at radius 1 is 1.42 bits per heavy atom. The summed E-state index contributed by atoms with van der Waals surface area (Å²) in [6.45, 7) is 5.61. The third-order valence-electron chi connectivity index (χ3n) is 3.89. The zero-order valence-corrected chi connectivity index (χ0v) is 13.9. The number of hydrogen-bond donors (Lipinski definition) is 1. The number of rotatable bonds is 5. The molecule has 1 N–H and O–H groups in total. The minimum Gasteiger partial charge on any atom is -0.469 e. The van der Waals surface area contributed by atoms with Crippen LogP contribution in [0, 0.1) is 5.92 Å². The number of carbonyl (C=O) groups excluding carboxylic acids is 2. The summed E-state index contributed by atoms with van der Waals surface area (Å²) in [6.07, 6.45) is 2.26. The number of nitrogens with zero attached hydrogens (tertiary/aromatic N) is 1. The normalized spacial score (nSPS) is 19.8. The van der Waals surface area contributed by atoms with Crippen molar-refractivity contribution in [2.45, 2.75) is 38.5 Å². The molecule has 1 saturated carbocycles. The van der Waals surface area contributed by atoms with Crippen molar-refractivity contribution in [3.63, 3.8) is 0 Å². The molecular weight excluding hydrogens is 312 g/mol. The van der Waals surface area contributed by atoms with E-state index in [1.165, 1.54) is 0 Å². The largest absolute Gasteiger partial charge is 0.469 e. The monoisotopic (exact) mass is 332 g/mol. The molecule has 1 amide bonds. The Kier molecular flexibility index (Phi) is 4.17. The van der Waals surface area contributed by atoms with Gasteiger partial charge in [0.2, 0.25) is 5.88 Å². The molecule has 2 heterocycles. The van der Waals surface area contributed by atoms with Crippen LogP contribution < -0.4 is 5.32 Å². The summed E-state index contributed by atoms with van der Waals surface area (Å²) in [5.74, 6) is -0.0193. The average molecular weight is 332 g/mol. The molecule has 2 aromatic heterocycles. The molecule has 7 heteroatoms. The fourth-order valence-electron chi connectivity index (χ4n) is 2.38. The minimum atomic E-state index is -0.463. The van der Waals surface area contributed by atoms with Gasteiger partial charge < -0.3 is 13.7 Å². The van der Waals surface area contributed by atoms with E-state index in [4.69, 9.17) is 13.7 Å². The highest BCUT2D eigenvalue weighted by Gasteiger charge is 2.47. The third-order valence-corrected chi connectivity index (χ3v) is 3.89. The summed E-state index contributed by atoms with van der Waals surface area (Å²) in [7, 11) is 0. The van der Waals surface area contributed by atoms with Crippen LogP contribution in [0.5, 0.6) is 0 Å². The topological polar surface area (TPSA) is 94.6 Å². The average Bonchev–Trinajstić information content (AvgIpc) is 2.93. The zero-order chi connectivity index (χ0) is 17.3. The summed E-state index contributed by atoms with van der Waals surface area (Å²) in [4.78, 5) is 23.8. The number of aromatic nitrogens is 1. The Labute approximate surface area is 139 Å². The van der Waals surface area contributed by atoms with Crippen LogP contribution in [-0.4, -0.2) is 23.6 Å². The van der Waals surface area contributed by atoms with Gasteiger partial charge in [-0.3, -0.25) is 14.9 Å². The van der Waals surface area contributed by atoms with Gasteiger partial charge in [0.05, 0.1) is 17.9 Å². The molecule has 2 aromatic rings. The molecule has 1 aliphatic carbocycles. The van der Waals surface area contributed by atoms with Gasteiger partial charge in [-0.25, -0.2) is 0 Å². The molecule has 0 aromatic carbocycles. The molecule has 0 bridgehead atoms. The van der Waals surface area contributed by atoms with Gasteiger partial charge in [-0.15, -0.1) is 0 Å². The highest BCUT2D eigenvalue weighted by atomic mass is 16.5. The van der Waals surface area contributed by atoms with E-state index in [-0.39, 0.29) is 35.7 Å². The highest BCUT2D eigenvalue weighted by Crippen LogP contribution is 2.48. The van der Waals surface area contributed by atoms with Crippen LogP contribution in [0.4, 0.5) is 5.88 Å². The molecule has 24 heavy (non-hydrogen) atoms. The predicted molar refractivity (Wildman–Crippen MR) is 84.3 cm³/mol. The Morgan fingerprint density at radius 3 is 2.83 bits per heavy atom. The fourth-order valence-corrected chi connectivity index (χ4v) is 2.38. The standard InChI is InChI=1S/C17H20N2O5/c1-17(2,3)13-8-15(24-19-13)18-14(20)9-23-16(21)11-7-10(11)12-5-4-6-22-12/h4-6,8,10-11H,7,9H2,1-3H3,(H,18,20). The Hall–Kier alpha value is -2.57. The van der Waals surface area contributed by atoms with E-state index in [1.54, 1.807) is 18.4 Å². The number of carbonyl (C=O) groups is 2. The van der Waals surface area contributed by atoms with E-state index in [0.717, 1.165) is 11.5 Å². The van der Waals surface area contributed by atoms with E-state index in [9.17, 15) is 9.59 Å². The summed E-state index contributed by atoms with van der Waals surface area (Å²) in [6, 6.07) is 5.28. The maximum Gasteiger partial charge on any atom is 0.310 e. The first-order chi connectivity index (χ1) is 11.3. The molecule has 0 radical (unpaired) electrons. The second-order valence-corrected chi connectivity index (χ2v) is 6.95. The van der Waals surface area contributed by atoms with Gasteiger partial charge in [-0.2, -0.15) is 0 Å². The molecule has 128 valence electrons. The van der Waals surface area contributed by atoms with Gasteiger partial charge in [-0.05, 0) is 18.6 Å². The van der Waals surface area contributed by atoms with Crippen LogP contribution in [0.3, 0.4) is 0 Å². The lowest BCUT2D eigenvalue weighted by atomic mass is 9.92. The van der Waals surface area contributed by atoms with E-state index in [2.05, 4.69) is 10.5 Å². The number of furan rings is 1. The van der Waals surface area contributed by atoms with Crippen LogP contribution >= 0.6 is 0 Å². The number of esters is 1. The first-order valence-electron chi connectivity index (χ1n) is 7.81. The highest BCUT2D eigenvalue weighted by molar-refractivity contribution is 5.92. The van der Waals surface area contributed by atoms with E-state index in [0.29, 0.717) is 6.42 Å². The van der Waals surface area contributed by atoms with Crippen molar-refractivity contribution >= 4 is 17.8 Å². The van der Waals surface area contributed by atoms with Gasteiger partial charge in [-0.1, -0.05) is 25.9 Å². The van der Waals surface area contributed by atoms with Gasteiger partial charge in [0.15, 0.2) is 6.61 Å². The third kappa shape index (κ3) is 3.67. The summed E-state index contributed by atoms with van der Waals surface area (Å²) in [5, 5.41) is 6.43. The van der Waals surface area contributed by atoms with Crippen molar-refractivity contribution in [3.05, 3.63) is 35.9 Å². The van der Waals surface area contributed by atoms with Crippen molar-refractivity contribution in [1.82, 2.24) is 5.16 Å². The number of nitrogens with one attached hydrogen (secondary N) is 1. The molecule has 1 fully saturated rings. The van der Waals surface area contributed by atoms with Crippen molar-refractivity contribution in [2.24, 2.45) is 5.92 Å². The van der Waals surface area contributed by atoms with Crippen molar-refractivity contribution in [2.75, 3.05) is 11.9 Å². The molecule has 7 nitrogen and oxygen atoms in total. The van der Waals surface area contributed by atoms with E-state index >= 15 is 0 Å².